The van der Waals surface area contributed by atoms with E-state index in [1.165, 1.54) is 5.56 Å². The number of benzene rings is 1. The standard InChI is InChI=1S/C18H18N4O/c23-18(16-7-4-10-19-16)22-11-8-14-15(9-12-22)20-21-17(14)13-5-2-1-3-6-13/h1-7,10,19H,8-9,11-12H2,(H,20,21). The van der Waals surface area contributed by atoms with E-state index in [1.807, 2.05) is 35.2 Å². The summed E-state index contributed by atoms with van der Waals surface area (Å²) in [5, 5.41) is 7.66. The van der Waals surface area contributed by atoms with E-state index in [0.717, 1.165) is 29.8 Å². The largest absolute Gasteiger partial charge is 0.357 e. The quantitative estimate of drug-likeness (QED) is 0.764. The minimum atomic E-state index is 0.0642. The van der Waals surface area contributed by atoms with Crippen LogP contribution in [0.2, 0.25) is 0 Å². The van der Waals surface area contributed by atoms with Crippen LogP contribution in [0.1, 0.15) is 21.7 Å². The first-order valence-corrected chi connectivity index (χ1v) is 7.87. The molecule has 1 amide bonds. The molecule has 1 aliphatic rings. The molecule has 1 aliphatic heterocycles. The smallest absolute Gasteiger partial charge is 0.270 e. The van der Waals surface area contributed by atoms with Crippen LogP contribution in [0.3, 0.4) is 0 Å². The van der Waals surface area contributed by atoms with Crippen molar-refractivity contribution in [2.75, 3.05) is 13.1 Å². The second-order valence-electron chi connectivity index (χ2n) is 5.77. The van der Waals surface area contributed by atoms with Crippen molar-refractivity contribution in [1.82, 2.24) is 20.1 Å². The van der Waals surface area contributed by atoms with Crippen molar-refractivity contribution in [2.24, 2.45) is 0 Å². The summed E-state index contributed by atoms with van der Waals surface area (Å²) in [7, 11) is 0. The Balaban J connectivity index is 1.58. The lowest BCUT2D eigenvalue weighted by Crippen LogP contribution is -2.33. The van der Waals surface area contributed by atoms with Crippen molar-refractivity contribution < 1.29 is 4.79 Å². The maximum Gasteiger partial charge on any atom is 0.270 e. The van der Waals surface area contributed by atoms with E-state index in [2.05, 4.69) is 27.3 Å². The molecule has 0 fully saturated rings. The van der Waals surface area contributed by atoms with Gasteiger partial charge in [-0.2, -0.15) is 5.10 Å². The number of carbonyl (C=O) groups excluding carboxylic acids is 1. The van der Waals surface area contributed by atoms with E-state index >= 15 is 0 Å². The lowest BCUT2D eigenvalue weighted by molar-refractivity contribution is 0.0757. The molecule has 2 aromatic heterocycles. The second kappa shape index (κ2) is 5.76. The van der Waals surface area contributed by atoms with Gasteiger partial charge in [-0.3, -0.25) is 9.89 Å². The van der Waals surface area contributed by atoms with Crippen LogP contribution in [0.15, 0.2) is 48.7 Å². The van der Waals surface area contributed by atoms with Gasteiger partial charge in [0.15, 0.2) is 0 Å². The summed E-state index contributed by atoms with van der Waals surface area (Å²) >= 11 is 0. The minimum absolute atomic E-state index is 0.0642. The molecule has 0 bridgehead atoms. The molecule has 0 radical (unpaired) electrons. The first-order chi connectivity index (χ1) is 11.3. The van der Waals surface area contributed by atoms with Crippen molar-refractivity contribution >= 4 is 5.91 Å². The summed E-state index contributed by atoms with van der Waals surface area (Å²) in [6.45, 7) is 1.42. The summed E-state index contributed by atoms with van der Waals surface area (Å²) in [6.07, 6.45) is 3.41. The van der Waals surface area contributed by atoms with Crippen LogP contribution in [-0.2, 0) is 12.8 Å². The van der Waals surface area contributed by atoms with E-state index in [9.17, 15) is 4.79 Å². The molecule has 3 aromatic rings. The van der Waals surface area contributed by atoms with Crippen molar-refractivity contribution in [3.05, 3.63) is 65.6 Å². The van der Waals surface area contributed by atoms with Crippen molar-refractivity contribution in [3.63, 3.8) is 0 Å². The van der Waals surface area contributed by atoms with E-state index < -0.39 is 0 Å². The lowest BCUT2D eigenvalue weighted by Gasteiger charge is -2.19. The molecule has 116 valence electrons. The number of aromatic nitrogens is 3. The highest BCUT2D eigenvalue weighted by Crippen LogP contribution is 2.26. The van der Waals surface area contributed by atoms with Crippen LogP contribution >= 0.6 is 0 Å². The van der Waals surface area contributed by atoms with Crippen LogP contribution in [-0.4, -0.2) is 39.1 Å². The average Bonchev–Trinajstić information content (AvgIpc) is 3.21. The van der Waals surface area contributed by atoms with Crippen molar-refractivity contribution in [3.8, 4) is 11.3 Å². The predicted molar refractivity (Wildman–Crippen MR) is 88.1 cm³/mol. The summed E-state index contributed by atoms with van der Waals surface area (Å²) in [4.78, 5) is 17.4. The number of fused-ring (bicyclic) bond motifs is 1. The third-order valence-corrected chi connectivity index (χ3v) is 4.38. The van der Waals surface area contributed by atoms with Gasteiger partial charge < -0.3 is 9.88 Å². The minimum Gasteiger partial charge on any atom is -0.357 e. The van der Waals surface area contributed by atoms with Gasteiger partial charge in [0.1, 0.15) is 5.69 Å². The van der Waals surface area contributed by atoms with Crippen LogP contribution in [0, 0.1) is 0 Å². The van der Waals surface area contributed by atoms with Gasteiger partial charge in [0.2, 0.25) is 0 Å². The number of rotatable bonds is 2. The van der Waals surface area contributed by atoms with E-state index in [-0.39, 0.29) is 5.91 Å². The Morgan fingerprint density at radius 3 is 2.65 bits per heavy atom. The van der Waals surface area contributed by atoms with Gasteiger partial charge in [0.05, 0.1) is 5.69 Å². The second-order valence-corrected chi connectivity index (χ2v) is 5.77. The molecule has 0 saturated carbocycles. The maximum absolute atomic E-state index is 12.5. The maximum atomic E-state index is 12.5. The Morgan fingerprint density at radius 2 is 1.87 bits per heavy atom. The number of nitrogens with zero attached hydrogens (tertiary/aromatic N) is 2. The first-order valence-electron chi connectivity index (χ1n) is 7.87. The van der Waals surface area contributed by atoms with Gasteiger partial charge in [-0.15, -0.1) is 0 Å². The van der Waals surface area contributed by atoms with Crippen LogP contribution < -0.4 is 0 Å². The van der Waals surface area contributed by atoms with Crippen molar-refractivity contribution in [2.45, 2.75) is 12.8 Å². The number of amides is 1. The molecule has 0 aliphatic carbocycles. The van der Waals surface area contributed by atoms with Gasteiger partial charge in [0.25, 0.3) is 5.91 Å². The highest BCUT2D eigenvalue weighted by atomic mass is 16.2. The van der Waals surface area contributed by atoms with Gasteiger partial charge in [0, 0.05) is 42.5 Å². The molecular formula is C18H18N4O. The van der Waals surface area contributed by atoms with Gasteiger partial charge in [-0.25, -0.2) is 0 Å². The van der Waals surface area contributed by atoms with E-state index in [1.54, 1.807) is 6.20 Å². The van der Waals surface area contributed by atoms with Gasteiger partial charge in [-0.1, -0.05) is 30.3 Å². The Kier molecular flexibility index (Phi) is 3.46. The number of aromatic amines is 2. The fourth-order valence-electron chi connectivity index (χ4n) is 3.15. The SMILES string of the molecule is O=C(c1ccc[nH]1)N1CCc2[nH]nc(-c3ccccc3)c2CC1. The average molecular weight is 306 g/mol. The molecule has 3 heterocycles. The van der Waals surface area contributed by atoms with Gasteiger partial charge >= 0.3 is 0 Å². The van der Waals surface area contributed by atoms with Crippen LogP contribution in [0.25, 0.3) is 11.3 Å². The molecule has 1 aromatic carbocycles. The summed E-state index contributed by atoms with van der Waals surface area (Å²) in [6, 6.07) is 13.9. The monoisotopic (exact) mass is 306 g/mol. The third kappa shape index (κ3) is 2.54. The number of nitrogens with one attached hydrogen (secondary N) is 2. The third-order valence-electron chi connectivity index (χ3n) is 4.38. The fraction of sp³-hybridized carbons (Fsp3) is 0.222. The van der Waals surface area contributed by atoms with Gasteiger partial charge in [-0.05, 0) is 18.6 Å². The summed E-state index contributed by atoms with van der Waals surface area (Å²) < 4.78 is 0. The number of carbonyl (C=O) groups is 1. The molecule has 4 rings (SSSR count). The molecule has 0 atom stereocenters. The molecule has 0 spiro atoms. The molecule has 5 nitrogen and oxygen atoms in total. The summed E-state index contributed by atoms with van der Waals surface area (Å²) in [5.41, 5.74) is 5.16. The Bertz CT molecular complexity index is 805. The molecule has 2 N–H and O–H groups in total. The molecule has 23 heavy (non-hydrogen) atoms. The zero-order chi connectivity index (χ0) is 15.6. The molecule has 5 heteroatoms. The van der Waals surface area contributed by atoms with E-state index in [0.29, 0.717) is 18.8 Å². The Labute approximate surface area is 134 Å². The van der Waals surface area contributed by atoms with Crippen LogP contribution in [0.5, 0.6) is 0 Å². The lowest BCUT2D eigenvalue weighted by atomic mass is 10.0. The number of H-pyrrole nitrogens is 2. The Hall–Kier alpha value is -2.82. The Morgan fingerprint density at radius 1 is 1.04 bits per heavy atom. The fourth-order valence-corrected chi connectivity index (χ4v) is 3.15. The highest BCUT2D eigenvalue weighted by molar-refractivity contribution is 5.92. The van der Waals surface area contributed by atoms with Crippen LogP contribution in [0.4, 0.5) is 0 Å². The zero-order valence-electron chi connectivity index (χ0n) is 12.7. The zero-order valence-corrected chi connectivity index (χ0v) is 12.7. The van der Waals surface area contributed by atoms with Crippen molar-refractivity contribution in [1.29, 1.82) is 0 Å². The number of hydrogen-bond acceptors (Lipinski definition) is 2. The number of hydrogen-bond donors (Lipinski definition) is 2. The summed E-state index contributed by atoms with van der Waals surface area (Å²) in [5.74, 6) is 0.0642. The molecule has 0 saturated heterocycles. The normalized spacial score (nSPS) is 14.3. The highest BCUT2D eigenvalue weighted by Gasteiger charge is 2.23. The van der Waals surface area contributed by atoms with E-state index in [4.69, 9.17) is 0 Å². The molecule has 0 unspecified atom stereocenters. The first kappa shape index (κ1) is 13.8. The molecular weight excluding hydrogens is 288 g/mol. The topological polar surface area (TPSA) is 64.8 Å². The predicted octanol–water partition coefficient (Wildman–Crippen LogP) is 2.65.